The van der Waals surface area contributed by atoms with Crippen LogP contribution in [0.15, 0.2) is 24.3 Å². The van der Waals surface area contributed by atoms with Gasteiger partial charge < -0.3 is 10.4 Å². The Morgan fingerprint density at radius 2 is 2.21 bits per heavy atom. The van der Waals surface area contributed by atoms with E-state index in [1.165, 1.54) is 5.56 Å². The Hall–Kier alpha value is -1.02. The van der Waals surface area contributed by atoms with E-state index in [0.717, 1.165) is 19.3 Å². The van der Waals surface area contributed by atoms with Gasteiger partial charge in [0.25, 0.3) is 0 Å². The number of hydrogen-bond acceptors (Lipinski definition) is 2. The van der Waals surface area contributed by atoms with Gasteiger partial charge in [-0.15, -0.1) is 0 Å². The SMILES string of the molecule is CCC(CCc1cccc(O)c1)NC. The van der Waals surface area contributed by atoms with Crippen molar-refractivity contribution in [3.63, 3.8) is 0 Å². The van der Waals surface area contributed by atoms with Gasteiger partial charge in [0, 0.05) is 6.04 Å². The molecule has 0 aromatic heterocycles. The molecule has 0 saturated carbocycles. The third-order valence-electron chi connectivity index (χ3n) is 2.59. The molecule has 1 aromatic rings. The third-order valence-corrected chi connectivity index (χ3v) is 2.59. The molecule has 1 atom stereocenters. The molecule has 0 aliphatic rings. The fraction of sp³-hybridized carbons (Fsp3) is 0.500. The molecule has 0 aliphatic heterocycles. The van der Waals surface area contributed by atoms with Gasteiger partial charge in [0.2, 0.25) is 0 Å². The molecular formula is C12H19NO. The summed E-state index contributed by atoms with van der Waals surface area (Å²) in [5.74, 6) is 0.361. The van der Waals surface area contributed by atoms with E-state index in [2.05, 4.69) is 18.3 Å². The Bertz CT molecular complexity index is 269. The molecule has 0 radical (unpaired) electrons. The predicted molar refractivity (Wildman–Crippen MR) is 59.6 cm³/mol. The van der Waals surface area contributed by atoms with Crippen molar-refractivity contribution in [3.8, 4) is 5.75 Å². The summed E-state index contributed by atoms with van der Waals surface area (Å²) < 4.78 is 0. The Balaban J connectivity index is 2.44. The van der Waals surface area contributed by atoms with Crippen LogP contribution in [-0.2, 0) is 6.42 Å². The minimum Gasteiger partial charge on any atom is -0.508 e. The van der Waals surface area contributed by atoms with Gasteiger partial charge in [-0.2, -0.15) is 0 Å². The lowest BCUT2D eigenvalue weighted by molar-refractivity contribution is 0.473. The van der Waals surface area contributed by atoms with Crippen molar-refractivity contribution < 1.29 is 5.11 Å². The zero-order chi connectivity index (χ0) is 10.4. The highest BCUT2D eigenvalue weighted by Gasteiger charge is 2.03. The van der Waals surface area contributed by atoms with Crippen LogP contribution in [0.3, 0.4) is 0 Å². The second-order valence-corrected chi connectivity index (χ2v) is 3.60. The van der Waals surface area contributed by atoms with E-state index < -0.39 is 0 Å². The molecule has 0 heterocycles. The number of benzene rings is 1. The molecule has 0 fully saturated rings. The van der Waals surface area contributed by atoms with E-state index in [-0.39, 0.29) is 0 Å². The summed E-state index contributed by atoms with van der Waals surface area (Å²) in [6.07, 6.45) is 3.29. The Morgan fingerprint density at radius 3 is 2.79 bits per heavy atom. The van der Waals surface area contributed by atoms with Crippen molar-refractivity contribution >= 4 is 0 Å². The van der Waals surface area contributed by atoms with Gasteiger partial charge in [-0.25, -0.2) is 0 Å². The van der Waals surface area contributed by atoms with Crippen LogP contribution in [0.25, 0.3) is 0 Å². The fourth-order valence-corrected chi connectivity index (χ4v) is 1.61. The van der Waals surface area contributed by atoms with Gasteiger partial charge in [0.1, 0.15) is 5.75 Å². The smallest absolute Gasteiger partial charge is 0.115 e. The molecule has 1 unspecified atom stereocenters. The maximum absolute atomic E-state index is 9.28. The molecule has 0 saturated heterocycles. The maximum atomic E-state index is 9.28. The number of rotatable bonds is 5. The van der Waals surface area contributed by atoms with Crippen LogP contribution in [0.4, 0.5) is 0 Å². The highest BCUT2D eigenvalue weighted by atomic mass is 16.3. The summed E-state index contributed by atoms with van der Waals surface area (Å²) in [6, 6.07) is 8.08. The van der Waals surface area contributed by atoms with Crippen LogP contribution in [0, 0.1) is 0 Å². The van der Waals surface area contributed by atoms with Crippen LogP contribution >= 0.6 is 0 Å². The summed E-state index contributed by atoms with van der Waals surface area (Å²) in [5, 5.41) is 12.6. The van der Waals surface area contributed by atoms with E-state index >= 15 is 0 Å². The van der Waals surface area contributed by atoms with Crippen LogP contribution < -0.4 is 5.32 Å². The van der Waals surface area contributed by atoms with Gasteiger partial charge in [-0.05, 0) is 44.0 Å². The van der Waals surface area contributed by atoms with E-state index in [4.69, 9.17) is 0 Å². The standard InChI is InChI=1S/C12H19NO/c1-3-11(13-2)8-7-10-5-4-6-12(14)9-10/h4-6,9,11,13-14H,3,7-8H2,1-2H3. The topological polar surface area (TPSA) is 32.3 Å². The normalized spacial score (nSPS) is 12.7. The number of phenolic OH excluding ortho intramolecular Hbond substituents is 1. The summed E-state index contributed by atoms with van der Waals surface area (Å²) in [4.78, 5) is 0. The average Bonchev–Trinajstić information content (AvgIpc) is 2.19. The minimum absolute atomic E-state index is 0.361. The average molecular weight is 193 g/mol. The first kappa shape index (κ1) is 11.1. The summed E-state index contributed by atoms with van der Waals surface area (Å²) in [7, 11) is 2.00. The van der Waals surface area contributed by atoms with Gasteiger partial charge >= 0.3 is 0 Å². The first-order chi connectivity index (χ1) is 6.76. The monoisotopic (exact) mass is 193 g/mol. The predicted octanol–water partition coefficient (Wildman–Crippen LogP) is 2.32. The molecule has 2 nitrogen and oxygen atoms in total. The van der Waals surface area contributed by atoms with Gasteiger partial charge in [-0.1, -0.05) is 19.1 Å². The molecule has 1 aromatic carbocycles. The molecule has 2 heteroatoms. The molecule has 0 bridgehead atoms. The zero-order valence-corrected chi connectivity index (χ0v) is 8.96. The molecule has 1 rings (SSSR count). The minimum atomic E-state index is 0.361. The van der Waals surface area contributed by atoms with Gasteiger partial charge in [0.05, 0.1) is 0 Å². The number of aromatic hydroxyl groups is 1. The molecule has 0 amide bonds. The van der Waals surface area contributed by atoms with Crippen LogP contribution in [-0.4, -0.2) is 18.2 Å². The summed E-state index contributed by atoms with van der Waals surface area (Å²) in [6.45, 7) is 2.18. The van der Waals surface area contributed by atoms with E-state index in [0.29, 0.717) is 11.8 Å². The van der Waals surface area contributed by atoms with Crippen LogP contribution in [0.1, 0.15) is 25.3 Å². The molecule has 0 aliphatic carbocycles. The second-order valence-electron chi connectivity index (χ2n) is 3.60. The lowest BCUT2D eigenvalue weighted by Gasteiger charge is -2.13. The Morgan fingerprint density at radius 1 is 1.43 bits per heavy atom. The summed E-state index contributed by atoms with van der Waals surface area (Å²) in [5.41, 5.74) is 1.21. The van der Waals surface area contributed by atoms with E-state index in [9.17, 15) is 5.11 Å². The first-order valence-electron chi connectivity index (χ1n) is 5.21. The zero-order valence-electron chi connectivity index (χ0n) is 8.96. The Kier molecular flexibility index (Phi) is 4.47. The van der Waals surface area contributed by atoms with Crippen molar-refractivity contribution in [2.45, 2.75) is 32.2 Å². The number of phenols is 1. The highest BCUT2D eigenvalue weighted by Crippen LogP contribution is 2.13. The maximum Gasteiger partial charge on any atom is 0.115 e. The van der Waals surface area contributed by atoms with Crippen LogP contribution in [0.5, 0.6) is 5.75 Å². The highest BCUT2D eigenvalue weighted by molar-refractivity contribution is 5.27. The van der Waals surface area contributed by atoms with E-state index in [1.54, 1.807) is 6.07 Å². The fourth-order valence-electron chi connectivity index (χ4n) is 1.61. The van der Waals surface area contributed by atoms with Crippen molar-refractivity contribution in [2.75, 3.05) is 7.05 Å². The van der Waals surface area contributed by atoms with Crippen molar-refractivity contribution in [1.82, 2.24) is 5.32 Å². The largest absolute Gasteiger partial charge is 0.508 e. The van der Waals surface area contributed by atoms with Crippen molar-refractivity contribution in [3.05, 3.63) is 29.8 Å². The number of hydrogen-bond donors (Lipinski definition) is 2. The van der Waals surface area contributed by atoms with Crippen LogP contribution in [0.2, 0.25) is 0 Å². The first-order valence-corrected chi connectivity index (χ1v) is 5.21. The summed E-state index contributed by atoms with van der Waals surface area (Å²) >= 11 is 0. The molecule has 14 heavy (non-hydrogen) atoms. The molecule has 2 N–H and O–H groups in total. The molecular weight excluding hydrogens is 174 g/mol. The Labute approximate surface area is 86.0 Å². The van der Waals surface area contributed by atoms with Gasteiger partial charge in [-0.3, -0.25) is 0 Å². The quantitative estimate of drug-likeness (QED) is 0.752. The third kappa shape index (κ3) is 3.38. The molecule has 0 spiro atoms. The number of aryl methyl sites for hydroxylation is 1. The lowest BCUT2D eigenvalue weighted by atomic mass is 10.0. The lowest BCUT2D eigenvalue weighted by Crippen LogP contribution is -2.24. The van der Waals surface area contributed by atoms with Crippen molar-refractivity contribution in [1.29, 1.82) is 0 Å². The van der Waals surface area contributed by atoms with Gasteiger partial charge in [0.15, 0.2) is 0 Å². The molecule has 78 valence electrons. The van der Waals surface area contributed by atoms with E-state index in [1.807, 2.05) is 19.2 Å². The second kappa shape index (κ2) is 5.66. The van der Waals surface area contributed by atoms with Crippen molar-refractivity contribution in [2.24, 2.45) is 0 Å². The number of nitrogens with one attached hydrogen (secondary N) is 1.